The highest BCUT2D eigenvalue weighted by Gasteiger charge is 1.97. The van der Waals surface area contributed by atoms with Gasteiger partial charge >= 0.3 is 0 Å². The summed E-state index contributed by atoms with van der Waals surface area (Å²) in [4.78, 5) is 0. The minimum atomic E-state index is 0.478. The number of nitrogen functional groups attached to an aromatic ring is 1. The van der Waals surface area contributed by atoms with Crippen molar-refractivity contribution in [3.8, 4) is 5.75 Å². The molecule has 0 aliphatic rings. The summed E-state index contributed by atoms with van der Waals surface area (Å²) in [6, 6.07) is 17.3. The molecule has 0 bridgehead atoms. The summed E-state index contributed by atoms with van der Waals surface area (Å²) >= 11 is 0. The number of ether oxygens (including phenoxy) is 10. The second kappa shape index (κ2) is 27.5. The first-order chi connectivity index (χ1) is 20.8. The van der Waals surface area contributed by atoms with Crippen LogP contribution in [-0.4, -0.2) is 119 Å². The van der Waals surface area contributed by atoms with Crippen molar-refractivity contribution in [3.05, 3.63) is 60.2 Å². The fraction of sp³-hybridized carbons (Fsp3) is 0.613. The Hall–Kier alpha value is -2.32. The summed E-state index contributed by atoms with van der Waals surface area (Å²) in [7, 11) is 0. The van der Waals surface area contributed by atoms with Crippen molar-refractivity contribution in [1.82, 2.24) is 0 Å². The lowest BCUT2D eigenvalue weighted by atomic mass is 10.2. The molecule has 2 aromatic carbocycles. The Balaban J connectivity index is 1.16. The Morgan fingerprint density at radius 2 is 0.690 bits per heavy atom. The molecule has 238 valence electrons. The minimum absolute atomic E-state index is 0.478. The van der Waals surface area contributed by atoms with Crippen molar-refractivity contribution < 1.29 is 47.4 Å². The summed E-state index contributed by atoms with van der Waals surface area (Å²) in [5.41, 5.74) is 7.51. The van der Waals surface area contributed by atoms with E-state index in [0.29, 0.717) is 131 Å². The number of benzene rings is 2. The van der Waals surface area contributed by atoms with Crippen LogP contribution in [0.2, 0.25) is 0 Å². The predicted octanol–water partition coefficient (Wildman–Crippen LogP) is 3.00. The number of nitrogens with two attached hydrogens (primary N) is 1. The molecule has 2 rings (SSSR count). The predicted molar refractivity (Wildman–Crippen MR) is 159 cm³/mol. The molecule has 0 radical (unpaired) electrons. The van der Waals surface area contributed by atoms with Crippen LogP contribution in [0.4, 0.5) is 5.69 Å². The van der Waals surface area contributed by atoms with Gasteiger partial charge in [-0.15, -0.1) is 0 Å². The molecular weight excluding hydrogens is 546 g/mol. The fourth-order valence-corrected chi connectivity index (χ4v) is 3.31. The van der Waals surface area contributed by atoms with Crippen LogP contribution >= 0.6 is 0 Å². The van der Waals surface area contributed by atoms with Crippen LogP contribution < -0.4 is 10.5 Å². The van der Waals surface area contributed by atoms with Crippen molar-refractivity contribution in [2.75, 3.05) is 125 Å². The van der Waals surface area contributed by atoms with E-state index in [1.807, 2.05) is 42.5 Å². The maximum Gasteiger partial charge on any atom is 0.119 e. The summed E-state index contributed by atoms with van der Waals surface area (Å²) in [5.74, 6) is 0.774. The van der Waals surface area contributed by atoms with Gasteiger partial charge in [-0.05, 0) is 29.8 Å². The van der Waals surface area contributed by atoms with E-state index in [-0.39, 0.29) is 0 Å². The Kier molecular flexibility index (Phi) is 23.5. The van der Waals surface area contributed by atoms with Crippen LogP contribution in [0.5, 0.6) is 5.75 Å². The first-order valence-corrected chi connectivity index (χ1v) is 14.6. The standard InChI is InChI=1S/C31H49NO10/c32-30-6-8-31(9-7-30)42-27-26-40-23-22-38-19-18-36-15-14-34-11-10-33-12-13-35-16-17-37-20-21-39-24-25-41-28-29-4-2-1-3-5-29/h1-9H,10-28,32H2. The second-order valence-electron chi connectivity index (χ2n) is 8.85. The van der Waals surface area contributed by atoms with Gasteiger partial charge in [-0.3, -0.25) is 0 Å². The molecule has 0 saturated carbocycles. The zero-order valence-corrected chi connectivity index (χ0v) is 24.8. The van der Waals surface area contributed by atoms with E-state index in [1.54, 1.807) is 12.1 Å². The Morgan fingerprint density at radius 1 is 0.357 bits per heavy atom. The van der Waals surface area contributed by atoms with Crippen molar-refractivity contribution >= 4 is 5.69 Å². The van der Waals surface area contributed by atoms with E-state index in [0.717, 1.165) is 11.3 Å². The van der Waals surface area contributed by atoms with E-state index in [9.17, 15) is 0 Å². The molecule has 0 atom stereocenters. The van der Waals surface area contributed by atoms with Crippen molar-refractivity contribution in [1.29, 1.82) is 0 Å². The van der Waals surface area contributed by atoms with Gasteiger partial charge in [-0.2, -0.15) is 0 Å². The van der Waals surface area contributed by atoms with Gasteiger partial charge in [0, 0.05) is 5.69 Å². The Labute approximate surface area is 250 Å². The van der Waals surface area contributed by atoms with Crippen LogP contribution in [0, 0.1) is 0 Å². The summed E-state index contributed by atoms with van der Waals surface area (Å²) in [6.07, 6.45) is 0. The Morgan fingerprint density at radius 3 is 1.07 bits per heavy atom. The third kappa shape index (κ3) is 22.3. The van der Waals surface area contributed by atoms with Gasteiger partial charge in [0.1, 0.15) is 12.4 Å². The number of anilines is 1. The lowest BCUT2D eigenvalue weighted by molar-refractivity contribution is -0.0257. The monoisotopic (exact) mass is 595 g/mol. The van der Waals surface area contributed by atoms with E-state index < -0.39 is 0 Å². The zero-order chi connectivity index (χ0) is 29.6. The van der Waals surface area contributed by atoms with E-state index >= 15 is 0 Å². The van der Waals surface area contributed by atoms with Crippen LogP contribution in [0.1, 0.15) is 5.56 Å². The van der Waals surface area contributed by atoms with Crippen LogP contribution in [0.25, 0.3) is 0 Å². The highest BCUT2D eigenvalue weighted by Crippen LogP contribution is 2.12. The molecule has 0 aliphatic heterocycles. The zero-order valence-electron chi connectivity index (χ0n) is 24.8. The highest BCUT2D eigenvalue weighted by molar-refractivity contribution is 5.41. The quantitative estimate of drug-likeness (QED) is 0.106. The number of rotatable bonds is 30. The number of hydrogen-bond acceptors (Lipinski definition) is 11. The van der Waals surface area contributed by atoms with Gasteiger partial charge in [0.2, 0.25) is 0 Å². The third-order valence-electron chi connectivity index (χ3n) is 5.46. The smallest absolute Gasteiger partial charge is 0.119 e. The maximum absolute atomic E-state index is 5.64. The molecule has 42 heavy (non-hydrogen) atoms. The van der Waals surface area contributed by atoms with Crippen LogP contribution in [0.3, 0.4) is 0 Å². The average molecular weight is 596 g/mol. The van der Waals surface area contributed by atoms with Crippen molar-refractivity contribution in [2.45, 2.75) is 6.61 Å². The molecule has 0 aliphatic carbocycles. The molecule has 11 heteroatoms. The summed E-state index contributed by atoms with van der Waals surface area (Å²) in [6.45, 7) is 9.94. The topological polar surface area (TPSA) is 118 Å². The van der Waals surface area contributed by atoms with Crippen molar-refractivity contribution in [3.63, 3.8) is 0 Å². The van der Waals surface area contributed by atoms with Gasteiger partial charge in [0.15, 0.2) is 0 Å². The molecule has 0 heterocycles. The SMILES string of the molecule is Nc1ccc(OCCOCCOCCOCCOCCOCCOCCOCCOCCOCc2ccccc2)cc1. The van der Waals surface area contributed by atoms with Gasteiger partial charge < -0.3 is 53.1 Å². The molecule has 2 aromatic rings. The lowest BCUT2D eigenvalue weighted by Crippen LogP contribution is -2.15. The Bertz CT molecular complexity index is 828. The van der Waals surface area contributed by atoms with Crippen LogP contribution in [0.15, 0.2) is 54.6 Å². The molecule has 0 amide bonds. The minimum Gasteiger partial charge on any atom is -0.491 e. The normalized spacial score (nSPS) is 11.2. The van der Waals surface area contributed by atoms with Gasteiger partial charge in [0.25, 0.3) is 0 Å². The average Bonchev–Trinajstić information content (AvgIpc) is 3.01. The fourth-order valence-electron chi connectivity index (χ4n) is 3.31. The first kappa shape index (κ1) is 35.9. The van der Waals surface area contributed by atoms with Gasteiger partial charge in [-0.25, -0.2) is 0 Å². The molecule has 0 spiro atoms. The molecular formula is C31H49NO10. The lowest BCUT2D eigenvalue weighted by Gasteiger charge is -2.09. The summed E-state index contributed by atoms with van der Waals surface area (Å²) in [5, 5.41) is 0. The second-order valence-corrected chi connectivity index (χ2v) is 8.85. The van der Waals surface area contributed by atoms with E-state index in [2.05, 4.69) is 0 Å². The summed E-state index contributed by atoms with van der Waals surface area (Å²) < 4.78 is 54.9. The molecule has 11 nitrogen and oxygen atoms in total. The van der Waals surface area contributed by atoms with E-state index in [4.69, 9.17) is 53.1 Å². The molecule has 2 N–H and O–H groups in total. The van der Waals surface area contributed by atoms with Crippen LogP contribution in [-0.2, 0) is 49.2 Å². The van der Waals surface area contributed by atoms with Crippen molar-refractivity contribution in [2.24, 2.45) is 0 Å². The molecule has 0 saturated heterocycles. The third-order valence-corrected chi connectivity index (χ3v) is 5.46. The van der Waals surface area contributed by atoms with Gasteiger partial charge in [-0.1, -0.05) is 30.3 Å². The maximum atomic E-state index is 5.64. The van der Waals surface area contributed by atoms with E-state index in [1.165, 1.54) is 0 Å². The van der Waals surface area contributed by atoms with Gasteiger partial charge in [0.05, 0.1) is 119 Å². The number of hydrogen-bond donors (Lipinski definition) is 1. The first-order valence-electron chi connectivity index (χ1n) is 14.6. The largest absolute Gasteiger partial charge is 0.491 e. The molecule has 0 aromatic heterocycles. The highest BCUT2D eigenvalue weighted by atomic mass is 16.6. The molecule has 0 unspecified atom stereocenters. The molecule has 0 fully saturated rings.